The molecule has 0 saturated heterocycles. The molecule has 1 nitrogen and oxygen atoms in total. The fourth-order valence-corrected chi connectivity index (χ4v) is 2.72. The van der Waals surface area contributed by atoms with E-state index in [-0.39, 0.29) is 0 Å². The molecule has 0 heterocycles. The predicted octanol–water partition coefficient (Wildman–Crippen LogP) is 2.91. The summed E-state index contributed by atoms with van der Waals surface area (Å²) in [5, 5.41) is 0. The number of hydrogen-bond donors (Lipinski definition) is 0. The fourth-order valence-electron chi connectivity index (χ4n) is 2.72. The summed E-state index contributed by atoms with van der Waals surface area (Å²) in [6.45, 7) is 8.27. The van der Waals surface area contributed by atoms with Gasteiger partial charge in [-0.1, -0.05) is 20.8 Å². The molecule has 0 aromatic carbocycles. The van der Waals surface area contributed by atoms with Gasteiger partial charge in [-0.15, -0.1) is 0 Å². The number of rotatable bonds is 3. The summed E-state index contributed by atoms with van der Waals surface area (Å²) in [4.78, 5) is 2.64. The van der Waals surface area contributed by atoms with Crippen LogP contribution in [0, 0.1) is 11.3 Å². The van der Waals surface area contributed by atoms with Crippen molar-refractivity contribution in [3.8, 4) is 0 Å². The summed E-state index contributed by atoms with van der Waals surface area (Å²) in [5.74, 6) is 1.06. The van der Waals surface area contributed by atoms with Crippen LogP contribution in [0.5, 0.6) is 0 Å². The Morgan fingerprint density at radius 2 is 1.77 bits per heavy atom. The van der Waals surface area contributed by atoms with Gasteiger partial charge in [0.1, 0.15) is 0 Å². The topological polar surface area (TPSA) is 3.24 Å². The standard InChI is InChI=1S/C12H23N/c1-11(2,3)9-13(4)12(7-8-12)10-5-6-10/h10H,5-9H2,1-4H3. The van der Waals surface area contributed by atoms with Gasteiger partial charge in [0, 0.05) is 12.1 Å². The summed E-state index contributed by atoms with van der Waals surface area (Å²) < 4.78 is 0. The van der Waals surface area contributed by atoms with Gasteiger partial charge in [0.25, 0.3) is 0 Å². The highest BCUT2D eigenvalue weighted by atomic mass is 15.2. The molecule has 0 aromatic heterocycles. The van der Waals surface area contributed by atoms with Crippen molar-refractivity contribution in [1.82, 2.24) is 4.90 Å². The summed E-state index contributed by atoms with van der Waals surface area (Å²) in [7, 11) is 2.33. The smallest absolute Gasteiger partial charge is 0.0236 e. The molecule has 0 radical (unpaired) electrons. The molecule has 76 valence electrons. The molecule has 0 amide bonds. The van der Waals surface area contributed by atoms with Crippen molar-refractivity contribution < 1.29 is 0 Å². The molecule has 0 bridgehead atoms. The van der Waals surface area contributed by atoms with E-state index < -0.39 is 0 Å². The van der Waals surface area contributed by atoms with Crippen LogP contribution in [0.2, 0.25) is 0 Å². The Kier molecular flexibility index (Phi) is 1.99. The van der Waals surface area contributed by atoms with Gasteiger partial charge in [-0.3, -0.25) is 4.90 Å². The Morgan fingerprint density at radius 1 is 1.23 bits per heavy atom. The van der Waals surface area contributed by atoms with E-state index in [2.05, 4.69) is 32.7 Å². The van der Waals surface area contributed by atoms with E-state index in [0.29, 0.717) is 11.0 Å². The molecular weight excluding hydrogens is 158 g/mol. The molecule has 0 N–H and O–H groups in total. The Bertz CT molecular complexity index is 194. The maximum Gasteiger partial charge on any atom is 0.0236 e. The molecule has 13 heavy (non-hydrogen) atoms. The Balaban J connectivity index is 1.93. The lowest BCUT2D eigenvalue weighted by Crippen LogP contribution is -2.40. The van der Waals surface area contributed by atoms with Gasteiger partial charge in [0.2, 0.25) is 0 Å². The molecule has 2 fully saturated rings. The second-order valence-electron chi connectivity index (χ2n) is 6.29. The van der Waals surface area contributed by atoms with Crippen molar-refractivity contribution in [2.24, 2.45) is 11.3 Å². The van der Waals surface area contributed by atoms with Gasteiger partial charge in [0.05, 0.1) is 0 Å². The second-order valence-corrected chi connectivity index (χ2v) is 6.29. The highest BCUT2D eigenvalue weighted by Gasteiger charge is 2.56. The first-order valence-electron chi connectivity index (χ1n) is 5.65. The van der Waals surface area contributed by atoms with Crippen LogP contribution in [0.3, 0.4) is 0 Å². The Morgan fingerprint density at radius 3 is 2.08 bits per heavy atom. The van der Waals surface area contributed by atoms with Gasteiger partial charge in [-0.05, 0) is 44.1 Å². The lowest BCUT2D eigenvalue weighted by molar-refractivity contribution is 0.139. The zero-order chi connectivity index (χ0) is 9.69. The van der Waals surface area contributed by atoms with Crippen LogP contribution in [0.4, 0.5) is 0 Å². The first kappa shape index (κ1) is 9.51. The minimum Gasteiger partial charge on any atom is -0.300 e. The van der Waals surface area contributed by atoms with Gasteiger partial charge < -0.3 is 0 Å². The summed E-state index contributed by atoms with van der Waals surface area (Å²) in [6, 6.07) is 0. The average molecular weight is 181 g/mol. The van der Waals surface area contributed by atoms with Crippen LogP contribution in [-0.4, -0.2) is 24.0 Å². The molecule has 2 rings (SSSR count). The fraction of sp³-hybridized carbons (Fsp3) is 1.00. The minimum absolute atomic E-state index is 0.458. The largest absolute Gasteiger partial charge is 0.300 e. The average Bonchev–Trinajstić information content (AvgIpc) is 2.79. The molecule has 0 spiro atoms. The normalized spacial score (nSPS) is 26.5. The van der Waals surface area contributed by atoms with Crippen molar-refractivity contribution in [3.63, 3.8) is 0 Å². The third-order valence-corrected chi connectivity index (χ3v) is 3.57. The van der Waals surface area contributed by atoms with E-state index in [9.17, 15) is 0 Å². The van der Waals surface area contributed by atoms with Crippen LogP contribution >= 0.6 is 0 Å². The van der Waals surface area contributed by atoms with Crippen LogP contribution in [0.25, 0.3) is 0 Å². The second kappa shape index (κ2) is 2.73. The van der Waals surface area contributed by atoms with Crippen molar-refractivity contribution in [1.29, 1.82) is 0 Å². The summed E-state index contributed by atoms with van der Waals surface area (Å²) in [5.41, 5.74) is 1.12. The minimum atomic E-state index is 0.458. The monoisotopic (exact) mass is 181 g/mol. The van der Waals surface area contributed by atoms with Gasteiger partial charge in [-0.25, -0.2) is 0 Å². The van der Waals surface area contributed by atoms with Crippen LogP contribution in [0.15, 0.2) is 0 Å². The maximum absolute atomic E-state index is 2.64. The summed E-state index contributed by atoms with van der Waals surface area (Å²) >= 11 is 0. The van der Waals surface area contributed by atoms with Crippen molar-refractivity contribution >= 4 is 0 Å². The molecule has 1 heteroatoms. The molecule has 0 atom stereocenters. The van der Waals surface area contributed by atoms with Crippen LogP contribution in [-0.2, 0) is 0 Å². The predicted molar refractivity (Wildman–Crippen MR) is 56.8 cm³/mol. The first-order chi connectivity index (χ1) is 5.94. The zero-order valence-electron chi connectivity index (χ0n) is 9.56. The van der Waals surface area contributed by atoms with Gasteiger partial charge >= 0.3 is 0 Å². The lowest BCUT2D eigenvalue weighted by atomic mass is 9.94. The Labute approximate surface area is 82.5 Å². The SMILES string of the molecule is CN(CC(C)(C)C)C1(C2CC2)CC1. The van der Waals surface area contributed by atoms with Crippen molar-refractivity contribution in [3.05, 3.63) is 0 Å². The van der Waals surface area contributed by atoms with E-state index in [1.54, 1.807) is 0 Å². The molecule has 2 aliphatic carbocycles. The van der Waals surface area contributed by atoms with Gasteiger partial charge in [0.15, 0.2) is 0 Å². The van der Waals surface area contributed by atoms with E-state index in [4.69, 9.17) is 0 Å². The van der Waals surface area contributed by atoms with E-state index in [1.807, 2.05) is 0 Å². The molecule has 0 aromatic rings. The molecule has 2 saturated carbocycles. The highest BCUT2D eigenvalue weighted by molar-refractivity contribution is 5.12. The number of hydrogen-bond acceptors (Lipinski definition) is 1. The molecule has 0 unspecified atom stereocenters. The van der Waals surface area contributed by atoms with E-state index in [0.717, 1.165) is 5.92 Å². The summed E-state index contributed by atoms with van der Waals surface area (Å²) in [6.07, 6.45) is 5.91. The first-order valence-corrected chi connectivity index (χ1v) is 5.65. The van der Waals surface area contributed by atoms with Crippen LogP contribution in [0.1, 0.15) is 46.5 Å². The van der Waals surface area contributed by atoms with Crippen molar-refractivity contribution in [2.75, 3.05) is 13.6 Å². The number of nitrogens with zero attached hydrogens (tertiary/aromatic N) is 1. The maximum atomic E-state index is 2.64. The zero-order valence-corrected chi connectivity index (χ0v) is 9.56. The van der Waals surface area contributed by atoms with Crippen LogP contribution < -0.4 is 0 Å². The van der Waals surface area contributed by atoms with Gasteiger partial charge in [-0.2, -0.15) is 0 Å². The highest BCUT2D eigenvalue weighted by Crippen LogP contribution is 2.57. The van der Waals surface area contributed by atoms with E-state index >= 15 is 0 Å². The van der Waals surface area contributed by atoms with E-state index in [1.165, 1.54) is 32.2 Å². The molecule has 2 aliphatic rings. The van der Waals surface area contributed by atoms with Crippen molar-refractivity contribution in [2.45, 2.75) is 52.0 Å². The third kappa shape index (κ3) is 1.90. The quantitative estimate of drug-likeness (QED) is 0.647. The lowest BCUT2D eigenvalue weighted by Gasteiger charge is -2.34. The molecule has 0 aliphatic heterocycles. The Hall–Kier alpha value is -0.0400. The molecular formula is C12H23N. The third-order valence-electron chi connectivity index (χ3n) is 3.57.